The Kier molecular flexibility index (Phi) is 4.56. The predicted octanol–water partition coefficient (Wildman–Crippen LogP) is 2.58. The maximum Gasteiger partial charge on any atom is 0.263 e. The van der Waals surface area contributed by atoms with E-state index >= 15 is 0 Å². The summed E-state index contributed by atoms with van der Waals surface area (Å²) in [6, 6.07) is 11.9. The normalized spacial score (nSPS) is 20.6. The van der Waals surface area contributed by atoms with Crippen LogP contribution in [-0.4, -0.2) is 41.4 Å². The van der Waals surface area contributed by atoms with Crippen LogP contribution >= 0.6 is 11.6 Å². The molecule has 2 atom stereocenters. The summed E-state index contributed by atoms with van der Waals surface area (Å²) < 4.78 is 0. The Morgan fingerprint density at radius 3 is 2.64 bits per heavy atom. The molecule has 0 saturated carbocycles. The number of hydrogen-bond donors (Lipinski definition) is 1. The number of hydrogen-bond acceptors (Lipinski definition) is 6. The van der Waals surface area contributed by atoms with Gasteiger partial charge < -0.3 is 5.32 Å². The third-order valence-corrected chi connectivity index (χ3v) is 4.89. The van der Waals surface area contributed by atoms with Crippen LogP contribution in [0.3, 0.4) is 0 Å². The number of fused-ring (bicyclic) bond motifs is 1. The van der Waals surface area contributed by atoms with E-state index in [0.29, 0.717) is 16.4 Å². The Morgan fingerprint density at radius 1 is 1.14 bits per heavy atom. The van der Waals surface area contributed by atoms with Crippen molar-refractivity contribution >= 4 is 40.7 Å². The van der Waals surface area contributed by atoms with Gasteiger partial charge in [0.25, 0.3) is 11.8 Å². The number of benzene rings is 2. The number of nitrogens with zero attached hydrogens (tertiary/aromatic N) is 4. The van der Waals surface area contributed by atoms with Crippen molar-refractivity contribution in [3.8, 4) is 0 Å². The standard InChI is InChI=1S/C19H16ClN5O3/c1-11-7-8-12(20)9-14(11)21-15(26)10-24-17-16(22-23-24)18(27)25(19(17)28)13-5-3-2-4-6-13/h2-9,16-17H,10H2,1H3,(H,21,26)/t16-,17-/m0/s1. The molecule has 0 aliphatic carbocycles. The highest BCUT2D eigenvalue weighted by atomic mass is 35.5. The number of carbonyl (C=O) groups is 3. The average Bonchev–Trinajstić information content (AvgIpc) is 3.19. The van der Waals surface area contributed by atoms with E-state index in [2.05, 4.69) is 15.7 Å². The highest BCUT2D eigenvalue weighted by Crippen LogP contribution is 2.31. The van der Waals surface area contributed by atoms with Gasteiger partial charge in [-0.15, -0.1) is 0 Å². The van der Waals surface area contributed by atoms with E-state index in [-0.39, 0.29) is 12.5 Å². The first-order chi connectivity index (χ1) is 13.5. The Labute approximate surface area is 165 Å². The summed E-state index contributed by atoms with van der Waals surface area (Å²) in [7, 11) is 0. The Morgan fingerprint density at radius 2 is 1.89 bits per heavy atom. The monoisotopic (exact) mass is 397 g/mol. The van der Waals surface area contributed by atoms with Gasteiger partial charge in [0.1, 0.15) is 6.54 Å². The molecule has 8 nitrogen and oxygen atoms in total. The van der Waals surface area contributed by atoms with E-state index in [0.717, 1.165) is 10.5 Å². The SMILES string of the molecule is Cc1ccc(Cl)cc1NC(=O)CN1N=N[C@@H]2C(=O)N(c3ccccc3)C(=O)[C@H]21. The molecule has 1 fully saturated rings. The molecule has 0 radical (unpaired) electrons. The minimum absolute atomic E-state index is 0.210. The van der Waals surface area contributed by atoms with Crippen molar-refractivity contribution in [2.75, 3.05) is 16.8 Å². The lowest BCUT2D eigenvalue weighted by Gasteiger charge is -2.20. The van der Waals surface area contributed by atoms with Crippen LogP contribution in [0.1, 0.15) is 5.56 Å². The highest BCUT2D eigenvalue weighted by molar-refractivity contribution is 6.31. The van der Waals surface area contributed by atoms with Gasteiger partial charge in [-0.05, 0) is 36.8 Å². The average molecular weight is 398 g/mol. The highest BCUT2D eigenvalue weighted by Gasteiger charge is 2.55. The van der Waals surface area contributed by atoms with E-state index in [1.54, 1.807) is 48.5 Å². The zero-order valence-electron chi connectivity index (χ0n) is 14.9. The second kappa shape index (κ2) is 7.05. The summed E-state index contributed by atoms with van der Waals surface area (Å²) in [4.78, 5) is 39.0. The smallest absolute Gasteiger partial charge is 0.263 e. The molecule has 2 aromatic carbocycles. The fourth-order valence-corrected chi connectivity index (χ4v) is 3.42. The molecule has 28 heavy (non-hydrogen) atoms. The van der Waals surface area contributed by atoms with Crippen LogP contribution < -0.4 is 10.2 Å². The van der Waals surface area contributed by atoms with Gasteiger partial charge >= 0.3 is 0 Å². The number of carbonyl (C=O) groups excluding carboxylic acids is 3. The molecule has 2 heterocycles. The number of anilines is 2. The summed E-state index contributed by atoms with van der Waals surface area (Å²) in [5, 5.41) is 12.3. The van der Waals surface area contributed by atoms with E-state index in [4.69, 9.17) is 11.6 Å². The van der Waals surface area contributed by atoms with Crippen LogP contribution in [0.4, 0.5) is 11.4 Å². The molecule has 1 N–H and O–H groups in total. The van der Waals surface area contributed by atoms with Crippen LogP contribution in [-0.2, 0) is 14.4 Å². The first-order valence-electron chi connectivity index (χ1n) is 8.62. The zero-order valence-corrected chi connectivity index (χ0v) is 15.6. The second-order valence-electron chi connectivity index (χ2n) is 6.55. The molecule has 142 valence electrons. The summed E-state index contributed by atoms with van der Waals surface area (Å²) >= 11 is 5.97. The molecule has 9 heteroatoms. The molecule has 2 aliphatic rings. The Hall–Kier alpha value is -3.26. The molecular formula is C19H16ClN5O3. The van der Waals surface area contributed by atoms with Crippen molar-refractivity contribution in [3.63, 3.8) is 0 Å². The van der Waals surface area contributed by atoms with Gasteiger partial charge in [-0.1, -0.05) is 41.1 Å². The summed E-state index contributed by atoms with van der Waals surface area (Å²) in [6.45, 7) is 1.63. The van der Waals surface area contributed by atoms with E-state index < -0.39 is 23.9 Å². The molecule has 0 spiro atoms. The molecule has 3 amide bonds. The molecule has 2 aliphatic heterocycles. The minimum Gasteiger partial charge on any atom is -0.324 e. The number of halogens is 1. The molecule has 0 bridgehead atoms. The van der Waals surface area contributed by atoms with Crippen LogP contribution in [0.25, 0.3) is 0 Å². The van der Waals surface area contributed by atoms with Gasteiger partial charge in [0.2, 0.25) is 5.91 Å². The molecule has 1 saturated heterocycles. The minimum atomic E-state index is -0.937. The van der Waals surface area contributed by atoms with Gasteiger partial charge in [-0.3, -0.25) is 19.4 Å². The molecule has 0 aromatic heterocycles. The van der Waals surface area contributed by atoms with Gasteiger partial charge in [0, 0.05) is 10.7 Å². The van der Waals surface area contributed by atoms with Gasteiger partial charge in [0.05, 0.1) is 5.69 Å². The van der Waals surface area contributed by atoms with Crippen LogP contribution in [0.15, 0.2) is 58.9 Å². The molecule has 4 rings (SSSR count). The first-order valence-corrected chi connectivity index (χ1v) is 9.00. The largest absolute Gasteiger partial charge is 0.324 e. The van der Waals surface area contributed by atoms with E-state index in [9.17, 15) is 14.4 Å². The topological polar surface area (TPSA) is 94.4 Å². The van der Waals surface area contributed by atoms with Crippen molar-refractivity contribution in [3.05, 3.63) is 59.1 Å². The molecule has 2 aromatic rings. The summed E-state index contributed by atoms with van der Waals surface area (Å²) in [5.41, 5.74) is 1.90. The Balaban J connectivity index is 1.49. The van der Waals surface area contributed by atoms with Gasteiger partial charge in [0.15, 0.2) is 12.1 Å². The fraction of sp³-hybridized carbons (Fsp3) is 0.211. The summed E-state index contributed by atoms with van der Waals surface area (Å²) in [6.07, 6.45) is 0. The molecular weight excluding hydrogens is 382 g/mol. The number of amides is 3. The maximum absolute atomic E-state index is 12.8. The molecule has 0 unspecified atom stereocenters. The van der Waals surface area contributed by atoms with Crippen LogP contribution in [0, 0.1) is 6.92 Å². The Bertz CT molecular complexity index is 994. The predicted molar refractivity (Wildman–Crippen MR) is 103 cm³/mol. The van der Waals surface area contributed by atoms with Crippen molar-refractivity contribution in [2.45, 2.75) is 19.0 Å². The van der Waals surface area contributed by atoms with E-state index in [1.165, 1.54) is 5.01 Å². The third-order valence-electron chi connectivity index (χ3n) is 4.65. The third kappa shape index (κ3) is 3.11. The summed E-state index contributed by atoms with van der Waals surface area (Å²) in [5.74, 6) is -1.28. The van der Waals surface area contributed by atoms with Gasteiger partial charge in [-0.25, -0.2) is 4.90 Å². The van der Waals surface area contributed by atoms with Crippen molar-refractivity contribution < 1.29 is 14.4 Å². The second-order valence-corrected chi connectivity index (χ2v) is 6.98. The van der Waals surface area contributed by atoms with Crippen molar-refractivity contribution in [2.24, 2.45) is 10.3 Å². The number of imide groups is 1. The maximum atomic E-state index is 12.8. The van der Waals surface area contributed by atoms with Crippen LogP contribution in [0.2, 0.25) is 5.02 Å². The van der Waals surface area contributed by atoms with Crippen molar-refractivity contribution in [1.29, 1.82) is 0 Å². The number of rotatable bonds is 4. The quantitative estimate of drug-likeness (QED) is 0.802. The number of para-hydroxylation sites is 1. The zero-order chi connectivity index (χ0) is 19.8. The van der Waals surface area contributed by atoms with Gasteiger partial charge in [-0.2, -0.15) is 5.11 Å². The first kappa shape index (κ1) is 18.1. The van der Waals surface area contributed by atoms with E-state index in [1.807, 2.05) is 6.92 Å². The lowest BCUT2D eigenvalue weighted by atomic mass is 10.1. The fourth-order valence-electron chi connectivity index (χ4n) is 3.25. The lowest BCUT2D eigenvalue weighted by molar-refractivity contribution is -0.123. The number of nitrogens with one attached hydrogen (secondary N) is 1. The van der Waals surface area contributed by atoms with Crippen LogP contribution in [0.5, 0.6) is 0 Å². The van der Waals surface area contributed by atoms with Crippen molar-refractivity contribution in [1.82, 2.24) is 5.01 Å². The lowest BCUT2D eigenvalue weighted by Crippen LogP contribution is -2.43. The number of aryl methyl sites for hydroxylation is 1.